The zero-order chi connectivity index (χ0) is 40.6. The largest absolute Gasteiger partial charge is 0.463 e. The number of fused-ring (bicyclic) bond motifs is 1. The van der Waals surface area contributed by atoms with Crippen LogP contribution in [0.25, 0.3) is 39.5 Å². The second-order valence-corrected chi connectivity index (χ2v) is 14.4. The molecule has 59 heavy (non-hydrogen) atoms. The quantitative estimate of drug-likeness (QED) is 0.0616. The van der Waals surface area contributed by atoms with Crippen LogP contribution in [-0.2, 0) is 28.0 Å². The van der Waals surface area contributed by atoms with Gasteiger partial charge in [-0.15, -0.1) is 5.10 Å². The van der Waals surface area contributed by atoms with Gasteiger partial charge in [0.15, 0.2) is 5.82 Å². The maximum Gasteiger partial charge on any atom is 0.330 e. The summed E-state index contributed by atoms with van der Waals surface area (Å²) in [6, 6.07) is 53.1. The molecule has 0 unspecified atom stereocenters. The van der Waals surface area contributed by atoms with Crippen molar-refractivity contribution in [3.05, 3.63) is 208 Å². The number of esters is 1. The summed E-state index contributed by atoms with van der Waals surface area (Å²) in [5, 5.41) is 14.3. The van der Waals surface area contributed by atoms with E-state index in [9.17, 15) is 9.59 Å². The lowest BCUT2D eigenvalue weighted by Gasteiger charge is -2.36. The molecule has 0 aliphatic carbocycles. The van der Waals surface area contributed by atoms with Crippen LogP contribution in [0, 0.1) is 0 Å². The Balaban J connectivity index is 1.19. The molecule has 292 valence electrons. The first-order valence-electron chi connectivity index (χ1n) is 20.0. The van der Waals surface area contributed by atoms with E-state index < -0.39 is 11.5 Å². The Morgan fingerprint density at radius 2 is 1.34 bits per heavy atom. The summed E-state index contributed by atoms with van der Waals surface area (Å²) in [5.74, 6) is 0.938. The number of unbranched alkanes of at least 4 members (excludes halogenated alkanes) is 1. The van der Waals surface area contributed by atoms with E-state index in [-0.39, 0.29) is 5.56 Å². The standard InChI is InChI=1S/C50H44N6O3/c1-3-5-25-46-51-45-32-28-36(29-33-47(57)59-4-2)34-44(45)49(58)55(46)35-37-26-30-38(31-27-37)42-23-15-16-24-43(42)48-52-53-54-56(48)50(39-17-9-6-10-18-39,40-19-11-7-12-20-40)41-21-13-8-14-22-41/h6-24,26-34H,3-5,25,35H2,1-2H3/b33-29+. The lowest BCUT2D eigenvalue weighted by atomic mass is 9.77. The van der Waals surface area contributed by atoms with E-state index >= 15 is 0 Å². The molecule has 0 saturated heterocycles. The van der Waals surface area contributed by atoms with Crippen LogP contribution < -0.4 is 5.56 Å². The fraction of sp³-hybridized carbons (Fsp3) is 0.160. The van der Waals surface area contributed by atoms with E-state index in [0.717, 1.165) is 63.2 Å². The monoisotopic (exact) mass is 776 g/mol. The van der Waals surface area contributed by atoms with Gasteiger partial charge in [0.25, 0.3) is 5.56 Å². The topological polar surface area (TPSA) is 105 Å². The number of hydrogen-bond acceptors (Lipinski definition) is 7. The molecule has 0 aliphatic rings. The molecule has 0 aliphatic heterocycles. The van der Waals surface area contributed by atoms with Gasteiger partial charge >= 0.3 is 5.97 Å². The molecule has 0 radical (unpaired) electrons. The number of hydrogen-bond donors (Lipinski definition) is 0. The molecule has 0 N–H and O–H groups in total. The van der Waals surface area contributed by atoms with Crippen LogP contribution in [0.15, 0.2) is 169 Å². The van der Waals surface area contributed by atoms with Crippen molar-refractivity contribution in [2.45, 2.75) is 45.2 Å². The van der Waals surface area contributed by atoms with Crippen LogP contribution >= 0.6 is 0 Å². The number of aromatic nitrogens is 6. The number of nitrogens with zero attached hydrogens (tertiary/aromatic N) is 6. The van der Waals surface area contributed by atoms with Gasteiger partial charge in [-0.2, -0.15) is 0 Å². The Hall–Kier alpha value is -7.26. The smallest absolute Gasteiger partial charge is 0.330 e. The lowest BCUT2D eigenvalue weighted by Crippen LogP contribution is -2.39. The van der Waals surface area contributed by atoms with Gasteiger partial charge in [-0.1, -0.05) is 159 Å². The molecule has 0 fully saturated rings. The molecular weight excluding hydrogens is 733 g/mol. The molecule has 0 saturated carbocycles. The number of carbonyl (C=O) groups excluding carboxylic acids is 1. The van der Waals surface area contributed by atoms with Gasteiger partial charge in [-0.05, 0) is 80.9 Å². The number of benzene rings is 6. The van der Waals surface area contributed by atoms with Crippen molar-refractivity contribution in [2.75, 3.05) is 6.61 Å². The number of tetrazole rings is 1. The van der Waals surface area contributed by atoms with Crippen molar-refractivity contribution in [2.24, 2.45) is 0 Å². The summed E-state index contributed by atoms with van der Waals surface area (Å²) in [6.45, 7) is 4.55. The summed E-state index contributed by atoms with van der Waals surface area (Å²) in [4.78, 5) is 31.1. The third-order valence-electron chi connectivity index (χ3n) is 10.6. The van der Waals surface area contributed by atoms with Gasteiger partial charge in [0, 0.05) is 18.1 Å². The second kappa shape index (κ2) is 17.5. The van der Waals surface area contributed by atoms with Crippen LogP contribution in [0.5, 0.6) is 0 Å². The molecule has 8 aromatic rings. The Bertz CT molecular complexity index is 2680. The molecule has 2 heterocycles. The average Bonchev–Trinajstić information content (AvgIpc) is 3.78. The Labute approximate surface area is 343 Å². The molecule has 0 atom stereocenters. The van der Waals surface area contributed by atoms with E-state index in [1.807, 2.05) is 83.5 Å². The van der Waals surface area contributed by atoms with Crippen molar-refractivity contribution in [1.82, 2.24) is 29.8 Å². The predicted molar refractivity (Wildman–Crippen MR) is 233 cm³/mol. The van der Waals surface area contributed by atoms with Crippen molar-refractivity contribution in [3.8, 4) is 22.5 Å². The van der Waals surface area contributed by atoms with Gasteiger partial charge in [0.05, 0.1) is 24.1 Å². The van der Waals surface area contributed by atoms with Crippen molar-refractivity contribution in [3.63, 3.8) is 0 Å². The molecule has 9 nitrogen and oxygen atoms in total. The highest BCUT2D eigenvalue weighted by atomic mass is 16.5. The molecule has 0 amide bonds. The molecule has 0 bridgehead atoms. The summed E-state index contributed by atoms with van der Waals surface area (Å²) in [6.07, 6.45) is 5.60. The normalized spacial score (nSPS) is 11.6. The van der Waals surface area contributed by atoms with Crippen molar-refractivity contribution >= 4 is 22.9 Å². The Morgan fingerprint density at radius 3 is 1.95 bits per heavy atom. The van der Waals surface area contributed by atoms with Crippen LogP contribution in [0.4, 0.5) is 0 Å². The van der Waals surface area contributed by atoms with Gasteiger partial charge < -0.3 is 4.74 Å². The fourth-order valence-electron chi connectivity index (χ4n) is 7.82. The number of carbonyl (C=O) groups is 1. The highest BCUT2D eigenvalue weighted by Gasteiger charge is 2.42. The SMILES string of the molecule is CCCCc1nc2ccc(/C=C/C(=O)OCC)cc2c(=O)n1Cc1ccc(-c2ccccc2-c2nnnn2C(c2ccccc2)(c2ccccc2)c2ccccc2)cc1. The summed E-state index contributed by atoms with van der Waals surface area (Å²) < 4.78 is 8.77. The van der Waals surface area contributed by atoms with Crippen LogP contribution in [0.3, 0.4) is 0 Å². The highest BCUT2D eigenvalue weighted by Crippen LogP contribution is 2.43. The minimum Gasteiger partial charge on any atom is -0.463 e. The Kier molecular flexibility index (Phi) is 11.4. The van der Waals surface area contributed by atoms with E-state index in [1.165, 1.54) is 6.08 Å². The minimum absolute atomic E-state index is 0.118. The number of aryl methyl sites for hydroxylation is 1. The Morgan fingerprint density at radius 1 is 0.729 bits per heavy atom. The summed E-state index contributed by atoms with van der Waals surface area (Å²) in [7, 11) is 0. The second-order valence-electron chi connectivity index (χ2n) is 14.4. The van der Waals surface area contributed by atoms with E-state index in [1.54, 1.807) is 23.6 Å². The first-order valence-corrected chi connectivity index (χ1v) is 20.0. The first-order chi connectivity index (χ1) is 29.0. The van der Waals surface area contributed by atoms with Gasteiger partial charge in [-0.3, -0.25) is 9.36 Å². The molecule has 8 rings (SSSR count). The van der Waals surface area contributed by atoms with Gasteiger partial charge in [-0.25, -0.2) is 14.5 Å². The molecule has 9 heteroatoms. The van der Waals surface area contributed by atoms with E-state index in [4.69, 9.17) is 20.0 Å². The van der Waals surface area contributed by atoms with Crippen LogP contribution in [-0.4, -0.2) is 42.3 Å². The first kappa shape index (κ1) is 38.6. The fourth-order valence-corrected chi connectivity index (χ4v) is 7.82. The summed E-state index contributed by atoms with van der Waals surface area (Å²) >= 11 is 0. The number of ether oxygens (including phenoxy) is 1. The van der Waals surface area contributed by atoms with Gasteiger partial charge in [0.2, 0.25) is 0 Å². The van der Waals surface area contributed by atoms with E-state index in [2.05, 4.69) is 84.9 Å². The molecule has 6 aromatic carbocycles. The average molecular weight is 777 g/mol. The van der Waals surface area contributed by atoms with Crippen LogP contribution in [0.2, 0.25) is 0 Å². The molecule has 2 aromatic heterocycles. The zero-order valence-electron chi connectivity index (χ0n) is 33.1. The van der Waals surface area contributed by atoms with E-state index in [0.29, 0.717) is 36.3 Å². The maximum absolute atomic E-state index is 14.2. The predicted octanol–water partition coefficient (Wildman–Crippen LogP) is 9.52. The summed E-state index contributed by atoms with van der Waals surface area (Å²) in [5.41, 5.74) is 7.20. The van der Waals surface area contributed by atoms with Crippen LogP contribution in [0.1, 0.15) is 60.3 Å². The van der Waals surface area contributed by atoms with Crippen molar-refractivity contribution in [1.29, 1.82) is 0 Å². The third kappa shape index (κ3) is 7.75. The molecule has 0 spiro atoms. The van der Waals surface area contributed by atoms with Crippen molar-refractivity contribution < 1.29 is 9.53 Å². The lowest BCUT2D eigenvalue weighted by molar-refractivity contribution is -0.137. The van der Waals surface area contributed by atoms with Gasteiger partial charge in [0.1, 0.15) is 11.4 Å². The highest BCUT2D eigenvalue weighted by molar-refractivity contribution is 5.88. The minimum atomic E-state index is -0.895. The third-order valence-corrected chi connectivity index (χ3v) is 10.6. The molecular formula is C50H44N6O3. The number of rotatable bonds is 14. The zero-order valence-corrected chi connectivity index (χ0v) is 33.1. The maximum atomic E-state index is 14.2.